The van der Waals surface area contributed by atoms with Crippen molar-refractivity contribution in [2.24, 2.45) is 0 Å². The van der Waals surface area contributed by atoms with Crippen LogP contribution < -0.4 is 0 Å². The fraction of sp³-hybridized carbons (Fsp3) is 0.200. The smallest absolute Gasteiger partial charge is 0.174 e. The molecule has 15 heavy (non-hydrogen) atoms. The van der Waals surface area contributed by atoms with Gasteiger partial charge in [0, 0.05) is 4.90 Å². The number of aryl methyl sites for hydroxylation is 1. The summed E-state index contributed by atoms with van der Waals surface area (Å²) in [5.41, 5.74) is 0.926. The minimum atomic E-state index is 0.0565. The normalized spacial score (nSPS) is 10.5. The Bertz CT molecular complexity index is 456. The van der Waals surface area contributed by atoms with E-state index in [1.54, 1.807) is 11.8 Å². The molecule has 1 aromatic heterocycles. The van der Waals surface area contributed by atoms with E-state index in [0.717, 1.165) is 20.6 Å². The summed E-state index contributed by atoms with van der Waals surface area (Å²) in [4.78, 5) is 5.31. The van der Waals surface area contributed by atoms with E-state index < -0.39 is 0 Å². The average Bonchev–Trinajstić information content (AvgIpc) is 2.65. The molecule has 0 bridgehead atoms. The van der Waals surface area contributed by atoms with Crippen LogP contribution in [-0.2, 0) is 6.61 Å². The molecule has 5 heteroatoms. The van der Waals surface area contributed by atoms with Crippen molar-refractivity contribution in [2.45, 2.75) is 22.8 Å². The van der Waals surface area contributed by atoms with E-state index in [2.05, 4.69) is 9.36 Å². The maximum Gasteiger partial charge on any atom is 0.174 e. The predicted molar refractivity (Wildman–Crippen MR) is 61.1 cm³/mol. The maximum atomic E-state index is 9.16. The fourth-order valence-corrected chi connectivity index (χ4v) is 2.88. The number of hydrogen-bond acceptors (Lipinski definition) is 5. The van der Waals surface area contributed by atoms with Gasteiger partial charge in [-0.2, -0.15) is 4.37 Å². The molecule has 1 N–H and O–H groups in total. The van der Waals surface area contributed by atoms with Crippen LogP contribution in [0.25, 0.3) is 0 Å². The van der Waals surface area contributed by atoms with Crippen LogP contribution in [0, 0.1) is 6.92 Å². The van der Waals surface area contributed by atoms with Crippen molar-refractivity contribution in [3.8, 4) is 0 Å². The lowest BCUT2D eigenvalue weighted by Crippen LogP contribution is -1.86. The van der Waals surface area contributed by atoms with Crippen LogP contribution in [-0.4, -0.2) is 14.5 Å². The Labute approximate surface area is 96.4 Å². The first-order chi connectivity index (χ1) is 7.29. The SMILES string of the molecule is Cc1nsc(Sc2ccccc2CO)n1. The summed E-state index contributed by atoms with van der Waals surface area (Å²) in [5, 5.41) is 9.16. The van der Waals surface area contributed by atoms with Crippen LogP contribution in [0.4, 0.5) is 0 Å². The van der Waals surface area contributed by atoms with E-state index in [9.17, 15) is 0 Å². The van der Waals surface area contributed by atoms with Crippen LogP contribution in [0.1, 0.15) is 11.4 Å². The van der Waals surface area contributed by atoms with Crippen molar-refractivity contribution >= 4 is 23.3 Å². The van der Waals surface area contributed by atoms with Gasteiger partial charge < -0.3 is 5.11 Å². The molecule has 0 saturated heterocycles. The molecule has 0 atom stereocenters. The molecular weight excluding hydrogens is 228 g/mol. The Kier molecular flexibility index (Phi) is 3.35. The van der Waals surface area contributed by atoms with Crippen molar-refractivity contribution in [1.82, 2.24) is 9.36 Å². The summed E-state index contributed by atoms with van der Waals surface area (Å²) < 4.78 is 5.03. The molecule has 0 aliphatic rings. The molecule has 2 aromatic rings. The summed E-state index contributed by atoms with van der Waals surface area (Å²) in [7, 11) is 0. The molecule has 2 rings (SSSR count). The zero-order valence-electron chi connectivity index (χ0n) is 8.17. The van der Waals surface area contributed by atoms with Gasteiger partial charge in [0.15, 0.2) is 4.34 Å². The second-order valence-corrected chi connectivity index (χ2v) is 5.02. The molecule has 0 unspecified atom stereocenters. The number of aliphatic hydroxyl groups excluding tert-OH is 1. The maximum absolute atomic E-state index is 9.16. The lowest BCUT2D eigenvalue weighted by atomic mass is 10.2. The summed E-state index contributed by atoms with van der Waals surface area (Å²) >= 11 is 2.93. The van der Waals surface area contributed by atoms with Crippen molar-refractivity contribution in [3.63, 3.8) is 0 Å². The summed E-state index contributed by atoms with van der Waals surface area (Å²) in [6.45, 7) is 1.93. The second kappa shape index (κ2) is 4.74. The van der Waals surface area contributed by atoms with Crippen LogP contribution >= 0.6 is 23.3 Å². The lowest BCUT2D eigenvalue weighted by Gasteiger charge is -2.03. The molecule has 1 aromatic carbocycles. The van der Waals surface area contributed by atoms with Crippen molar-refractivity contribution in [2.75, 3.05) is 0 Å². The molecular formula is C10H10N2OS2. The van der Waals surface area contributed by atoms with E-state index in [1.807, 2.05) is 31.2 Å². The van der Waals surface area contributed by atoms with E-state index in [-0.39, 0.29) is 6.61 Å². The van der Waals surface area contributed by atoms with Crippen LogP contribution in [0.15, 0.2) is 33.5 Å². The van der Waals surface area contributed by atoms with Gasteiger partial charge in [0.2, 0.25) is 0 Å². The molecule has 0 fully saturated rings. The standard InChI is InChI=1S/C10H10N2OS2/c1-7-11-10(15-12-7)14-9-5-3-2-4-8(9)6-13/h2-5,13H,6H2,1H3. The third-order valence-corrected chi connectivity index (χ3v) is 3.81. The van der Waals surface area contributed by atoms with E-state index >= 15 is 0 Å². The first-order valence-electron chi connectivity index (χ1n) is 4.46. The fourth-order valence-electron chi connectivity index (χ4n) is 1.15. The molecule has 78 valence electrons. The van der Waals surface area contributed by atoms with Gasteiger partial charge in [0.1, 0.15) is 5.82 Å². The zero-order valence-corrected chi connectivity index (χ0v) is 9.81. The summed E-state index contributed by atoms with van der Waals surface area (Å²) in [6, 6.07) is 7.76. The zero-order chi connectivity index (χ0) is 10.7. The highest BCUT2D eigenvalue weighted by Gasteiger charge is 2.06. The van der Waals surface area contributed by atoms with E-state index in [1.165, 1.54) is 11.5 Å². The number of aromatic nitrogens is 2. The van der Waals surface area contributed by atoms with Crippen molar-refractivity contribution in [3.05, 3.63) is 35.7 Å². The summed E-state index contributed by atoms with van der Waals surface area (Å²) in [5.74, 6) is 0.795. The minimum Gasteiger partial charge on any atom is -0.392 e. The van der Waals surface area contributed by atoms with Crippen LogP contribution in [0.2, 0.25) is 0 Å². The van der Waals surface area contributed by atoms with Gasteiger partial charge in [-0.15, -0.1) is 0 Å². The Morgan fingerprint density at radius 3 is 2.87 bits per heavy atom. The number of benzene rings is 1. The average molecular weight is 238 g/mol. The van der Waals surface area contributed by atoms with E-state index in [4.69, 9.17) is 5.11 Å². The largest absolute Gasteiger partial charge is 0.392 e. The first-order valence-corrected chi connectivity index (χ1v) is 6.05. The highest BCUT2D eigenvalue weighted by molar-refractivity contribution is 8.01. The number of hydrogen-bond donors (Lipinski definition) is 1. The molecule has 1 heterocycles. The van der Waals surface area contributed by atoms with Crippen molar-refractivity contribution < 1.29 is 5.11 Å². The Morgan fingerprint density at radius 2 is 2.20 bits per heavy atom. The van der Waals surface area contributed by atoms with Gasteiger partial charge in [-0.3, -0.25) is 0 Å². The third-order valence-electron chi connectivity index (χ3n) is 1.85. The summed E-state index contributed by atoms with van der Waals surface area (Å²) in [6.07, 6.45) is 0. The first kappa shape index (κ1) is 10.6. The Hall–Kier alpha value is -0.910. The number of rotatable bonds is 3. The molecule has 3 nitrogen and oxygen atoms in total. The lowest BCUT2D eigenvalue weighted by molar-refractivity contribution is 0.279. The number of aliphatic hydroxyl groups is 1. The molecule has 0 saturated carbocycles. The highest BCUT2D eigenvalue weighted by Crippen LogP contribution is 2.31. The predicted octanol–water partition coefficient (Wildman–Crippen LogP) is 2.49. The molecule has 0 amide bonds. The quantitative estimate of drug-likeness (QED) is 0.892. The van der Waals surface area contributed by atoms with Gasteiger partial charge in [-0.05, 0) is 30.1 Å². The van der Waals surface area contributed by atoms with E-state index in [0.29, 0.717) is 0 Å². The van der Waals surface area contributed by atoms with Crippen LogP contribution in [0.5, 0.6) is 0 Å². The third kappa shape index (κ3) is 2.56. The molecule has 0 aliphatic heterocycles. The molecule has 0 spiro atoms. The van der Waals surface area contributed by atoms with Gasteiger partial charge in [-0.25, -0.2) is 4.98 Å². The monoisotopic (exact) mass is 238 g/mol. The Morgan fingerprint density at radius 1 is 1.40 bits per heavy atom. The van der Waals surface area contributed by atoms with Gasteiger partial charge in [0.05, 0.1) is 6.61 Å². The topological polar surface area (TPSA) is 46.0 Å². The molecule has 0 aliphatic carbocycles. The number of nitrogens with zero attached hydrogens (tertiary/aromatic N) is 2. The molecule has 0 radical (unpaired) electrons. The van der Waals surface area contributed by atoms with Gasteiger partial charge >= 0.3 is 0 Å². The van der Waals surface area contributed by atoms with Gasteiger partial charge in [0.25, 0.3) is 0 Å². The highest BCUT2D eigenvalue weighted by atomic mass is 32.2. The Balaban J connectivity index is 2.23. The minimum absolute atomic E-state index is 0.0565. The second-order valence-electron chi connectivity index (χ2n) is 2.98. The van der Waals surface area contributed by atoms with Crippen LogP contribution in [0.3, 0.4) is 0 Å². The van der Waals surface area contributed by atoms with Crippen molar-refractivity contribution in [1.29, 1.82) is 0 Å². The van der Waals surface area contributed by atoms with Gasteiger partial charge in [-0.1, -0.05) is 30.0 Å².